The fraction of sp³-hybridized carbons (Fsp3) is 0.409. The summed E-state index contributed by atoms with van der Waals surface area (Å²) < 4.78 is 9.08. The van der Waals surface area contributed by atoms with Crippen LogP contribution < -0.4 is 5.56 Å². The van der Waals surface area contributed by atoms with Crippen molar-refractivity contribution in [1.82, 2.24) is 19.2 Å². The lowest BCUT2D eigenvalue weighted by Crippen LogP contribution is -2.29. The average molecular weight is 392 g/mol. The molecule has 1 unspecified atom stereocenters. The van der Waals surface area contributed by atoms with E-state index in [1.165, 1.54) is 4.68 Å². The van der Waals surface area contributed by atoms with Gasteiger partial charge in [0.25, 0.3) is 11.5 Å². The summed E-state index contributed by atoms with van der Waals surface area (Å²) in [7, 11) is 0. The molecule has 0 N–H and O–H groups in total. The molecule has 1 aromatic rings. The van der Waals surface area contributed by atoms with Gasteiger partial charge in [0.15, 0.2) is 0 Å². The minimum Gasteiger partial charge on any atom is -0.376 e. The topological polar surface area (TPSA) is 69.4 Å². The highest BCUT2D eigenvalue weighted by Gasteiger charge is 2.29. The van der Waals surface area contributed by atoms with Gasteiger partial charge in [-0.2, -0.15) is 9.78 Å². The lowest BCUT2D eigenvalue weighted by molar-refractivity contribution is 0.0789. The molecule has 1 amide bonds. The smallest absolute Gasteiger partial charge is 0.282 e. The van der Waals surface area contributed by atoms with Crippen molar-refractivity contribution in [1.29, 1.82) is 0 Å². The number of aromatic nitrogens is 3. The van der Waals surface area contributed by atoms with Gasteiger partial charge in [0, 0.05) is 38.6 Å². The van der Waals surface area contributed by atoms with Crippen molar-refractivity contribution >= 4 is 5.91 Å². The van der Waals surface area contributed by atoms with E-state index < -0.39 is 0 Å². The van der Waals surface area contributed by atoms with Gasteiger partial charge in [-0.25, -0.2) is 0 Å². The van der Waals surface area contributed by atoms with Crippen molar-refractivity contribution < 1.29 is 9.53 Å². The van der Waals surface area contributed by atoms with Gasteiger partial charge >= 0.3 is 0 Å². The molecule has 0 spiro atoms. The van der Waals surface area contributed by atoms with E-state index in [4.69, 9.17) is 4.74 Å². The molecule has 29 heavy (non-hydrogen) atoms. The van der Waals surface area contributed by atoms with E-state index in [0.717, 1.165) is 45.4 Å². The minimum absolute atomic E-state index is 0.0492. The minimum atomic E-state index is -0.205. The lowest BCUT2D eigenvalue weighted by atomic mass is 10.1. The summed E-state index contributed by atoms with van der Waals surface area (Å²) >= 11 is 0. The third-order valence-corrected chi connectivity index (χ3v) is 5.79. The second-order valence-electron chi connectivity index (χ2n) is 7.82. The number of pyridine rings is 1. The molecule has 7 nitrogen and oxygen atoms in total. The Labute approximate surface area is 168 Å². The van der Waals surface area contributed by atoms with Gasteiger partial charge in [0.2, 0.25) is 0 Å². The van der Waals surface area contributed by atoms with Crippen LogP contribution in [-0.2, 0) is 11.3 Å². The number of hydrogen-bond donors (Lipinski definition) is 0. The summed E-state index contributed by atoms with van der Waals surface area (Å²) in [5.41, 5.74) is 1.92. The number of hydrogen-bond acceptors (Lipinski definition) is 4. The Morgan fingerprint density at radius 2 is 1.90 bits per heavy atom. The molecule has 2 saturated heterocycles. The first kappa shape index (κ1) is 18.1. The Hall–Kier alpha value is -2.93. The second-order valence-corrected chi connectivity index (χ2v) is 7.82. The largest absolute Gasteiger partial charge is 0.376 e. The van der Waals surface area contributed by atoms with Gasteiger partial charge in [-0.3, -0.25) is 9.59 Å². The quantitative estimate of drug-likeness (QED) is 0.684. The van der Waals surface area contributed by atoms with Crippen LogP contribution in [0.1, 0.15) is 36.0 Å². The van der Waals surface area contributed by atoms with E-state index in [9.17, 15) is 9.59 Å². The normalized spacial score (nSPS) is 19.3. The molecule has 0 aliphatic carbocycles. The molecule has 150 valence electrons. The maximum Gasteiger partial charge on any atom is 0.282 e. The first-order valence-corrected chi connectivity index (χ1v) is 10.3. The molecule has 7 heteroatoms. The highest BCUT2D eigenvalue weighted by Crippen LogP contribution is 2.26. The van der Waals surface area contributed by atoms with Gasteiger partial charge in [-0.15, -0.1) is 0 Å². The Morgan fingerprint density at radius 1 is 1.10 bits per heavy atom. The first-order valence-electron chi connectivity index (χ1n) is 10.3. The van der Waals surface area contributed by atoms with Gasteiger partial charge in [0.1, 0.15) is 5.69 Å². The summed E-state index contributed by atoms with van der Waals surface area (Å²) in [6.07, 6.45) is 7.84. The molecule has 5 rings (SSSR count). The predicted octanol–water partition coefficient (Wildman–Crippen LogP) is 2.55. The van der Waals surface area contributed by atoms with Crippen LogP contribution in [0.4, 0.5) is 0 Å². The van der Waals surface area contributed by atoms with E-state index >= 15 is 0 Å². The monoisotopic (exact) mass is 392 g/mol. The van der Waals surface area contributed by atoms with Crippen LogP contribution in [0, 0.1) is 0 Å². The van der Waals surface area contributed by atoms with Crippen molar-refractivity contribution in [3.05, 3.63) is 58.6 Å². The Morgan fingerprint density at radius 3 is 2.62 bits per heavy atom. The SMILES string of the molecule is O=C(c1cn(CC2CCCO2)cc2c(=O)n(-c3ccccc3)nc1-2)N1CCCC1. The fourth-order valence-corrected chi connectivity index (χ4v) is 4.28. The van der Waals surface area contributed by atoms with Crippen molar-refractivity contribution in [2.75, 3.05) is 19.7 Å². The molecular weight excluding hydrogens is 368 g/mol. The van der Waals surface area contributed by atoms with E-state index in [1.54, 1.807) is 0 Å². The van der Waals surface area contributed by atoms with Crippen molar-refractivity contribution in [2.45, 2.75) is 38.3 Å². The Kier molecular flexibility index (Phi) is 4.67. The number of benzene rings is 1. The maximum absolute atomic E-state index is 13.2. The van der Waals surface area contributed by atoms with E-state index in [-0.39, 0.29) is 17.6 Å². The average Bonchev–Trinajstić information content (AvgIpc) is 3.50. The molecule has 2 fully saturated rings. The zero-order valence-electron chi connectivity index (χ0n) is 16.3. The van der Waals surface area contributed by atoms with Gasteiger partial charge in [-0.1, -0.05) is 18.2 Å². The van der Waals surface area contributed by atoms with Crippen LogP contribution in [0.2, 0.25) is 0 Å². The summed E-state index contributed by atoms with van der Waals surface area (Å²) in [5, 5.41) is 4.56. The number of ether oxygens (including phenoxy) is 1. The van der Waals surface area contributed by atoms with Crippen molar-refractivity contribution in [2.24, 2.45) is 0 Å². The summed E-state index contributed by atoms with van der Waals surface area (Å²) in [6.45, 7) is 2.91. The number of carbonyl (C=O) groups excluding carboxylic acids is 1. The number of nitrogens with zero attached hydrogens (tertiary/aromatic N) is 4. The summed E-state index contributed by atoms with van der Waals surface area (Å²) in [4.78, 5) is 28.2. The van der Waals surface area contributed by atoms with Crippen LogP contribution in [0.25, 0.3) is 16.9 Å². The third-order valence-electron chi connectivity index (χ3n) is 5.79. The van der Waals surface area contributed by atoms with E-state index in [0.29, 0.717) is 29.1 Å². The van der Waals surface area contributed by atoms with Gasteiger partial charge in [0.05, 0.1) is 22.9 Å². The number of likely N-dealkylation sites (tertiary alicyclic amines) is 1. The fourth-order valence-electron chi connectivity index (χ4n) is 4.28. The number of carbonyl (C=O) groups is 1. The molecule has 0 aromatic heterocycles. The lowest BCUT2D eigenvalue weighted by Gasteiger charge is -2.19. The third kappa shape index (κ3) is 3.35. The molecule has 1 atom stereocenters. The van der Waals surface area contributed by atoms with Gasteiger partial charge in [-0.05, 0) is 37.8 Å². The van der Waals surface area contributed by atoms with E-state index in [1.807, 2.05) is 52.2 Å². The Balaban J connectivity index is 1.63. The highest BCUT2D eigenvalue weighted by atomic mass is 16.5. The molecule has 1 aromatic carbocycles. The van der Waals surface area contributed by atoms with Crippen molar-refractivity contribution in [3.8, 4) is 16.9 Å². The molecule has 4 aliphatic heterocycles. The first-order chi connectivity index (χ1) is 14.2. The molecule has 4 aliphatic rings. The summed E-state index contributed by atoms with van der Waals surface area (Å²) in [6, 6.07) is 9.32. The molecule has 0 radical (unpaired) electrons. The Bertz CT molecular complexity index is 1040. The van der Waals surface area contributed by atoms with Crippen LogP contribution >= 0.6 is 0 Å². The molecular formula is C22H24N4O3. The van der Waals surface area contributed by atoms with Crippen LogP contribution in [0.5, 0.6) is 0 Å². The predicted molar refractivity (Wildman–Crippen MR) is 109 cm³/mol. The summed E-state index contributed by atoms with van der Waals surface area (Å²) in [5.74, 6) is -0.0492. The zero-order chi connectivity index (χ0) is 19.8. The molecule has 0 saturated carbocycles. The zero-order valence-corrected chi connectivity index (χ0v) is 16.3. The number of fused-ring (bicyclic) bond motifs is 1. The van der Waals surface area contributed by atoms with E-state index in [2.05, 4.69) is 5.10 Å². The van der Waals surface area contributed by atoms with Crippen LogP contribution in [0.15, 0.2) is 47.5 Å². The van der Waals surface area contributed by atoms with Crippen LogP contribution in [0.3, 0.4) is 0 Å². The van der Waals surface area contributed by atoms with Crippen molar-refractivity contribution in [3.63, 3.8) is 0 Å². The van der Waals surface area contributed by atoms with Crippen LogP contribution in [-0.4, -0.2) is 51.0 Å². The highest BCUT2D eigenvalue weighted by molar-refractivity contribution is 6.00. The maximum atomic E-state index is 13.2. The number of para-hydroxylation sites is 1. The number of amides is 1. The molecule has 0 bridgehead atoms. The van der Waals surface area contributed by atoms with Gasteiger partial charge < -0.3 is 14.2 Å². The molecule has 4 heterocycles. The second kappa shape index (κ2) is 7.48. The number of rotatable bonds is 4. The standard InChI is InChI=1S/C22H24N4O3/c27-21(25-10-4-5-11-25)18-14-24(13-17-9-6-12-29-17)15-19-20(18)23-26(22(19)28)16-7-2-1-3-8-16/h1-3,7-8,14-15,17H,4-6,9-13H2.